The SMILES string of the molecule is Nc1cccc(Cn2nccn2)c1. The number of hydrogen-bond donors (Lipinski definition) is 1. The van der Waals surface area contributed by atoms with Crippen molar-refractivity contribution >= 4 is 5.69 Å². The molecule has 0 radical (unpaired) electrons. The number of hydrogen-bond acceptors (Lipinski definition) is 3. The van der Waals surface area contributed by atoms with E-state index < -0.39 is 0 Å². The Kier molecular flexibility index (Phi) is 1.96. The van der Waals surface area contributed by atoms with Crippen molar-refractivity contribution in [3.05, 3.63) is 42.2 Å². The van der Waals surface area contributed by atoms with Gasteiger partial charge in [-0.3, -0.25) is 0 Å². The van der Waals surface area contributed by atoms with Crippen molar-refractivity contribution in [2.24, 2.45) is 0 Å². The molecule has 0 saturated carbocycles. The van der Waals surface area contributed by atoms with Gasteiger partial charge in [-0.05, 0) is 17.7 Å². The largest absolute Gasteiger partial charge is 0.399 e. The first kappa shape index (κ1) is 7.79. The molecule has 0 fully saturated rings. The van der Waals surface area contributed by atoms with Crippen LogP contribution in [0.5, 0.6) is 0 Å². The van der Waals surface area contributed by atoms with Crippen LogP contribution in [0.1, 0.15) is 5.56 Å². The minimum absolute atomic E-state index is 0.665. The highest BCUT2D eigenvalue weighted by Crippen LogP contribution is 2.06. The Hall–Kier alpha value is -1.84. The smallest absolute Gasteiger partial charge is 0.0858 e. The standard InChI is InChI=1S/C9H10N4/c10-9-3-1-2-8(6-9)7-13-11-4-5-12-13/h1-6H,7,10H2. The maximum absolute atomic E-state index is 5.64. The van der Waals surface area contributed by atoms with Gasteiger partial charge in [0.05, 0.1) is 18.9 Å². The Bertz CT molecular complexity index is 380. The molecule has 0 amide bonds. The summed E-state index contributed by atoms with van der Waals surface area (Å²) in [5.74, 6) is 0. The molecule has 13 heavy (non-hydrogen) atoms. The van der Waals surface area contributed by atoms with Gasteiger partial charge in [-0.15, -0.1) is 0 Å². The van der Waals surface area contributed by atoms with E-state index in [4.69, 9.17) is 5.73 Å². The molecular formula is C9H10N4. The fraction of sp³-hybridized carbons (Fsp3) is 0.111. The van der Waals surface area contributed by atoms with Gasteiger partial charge in [0.15, 0.2) is 0 Å². The molecule has 2 rings (SSSR count). The van der Waals surface area contributed by atoms with Crippen molar-refractivity contribution in [1.82, 2.24) is 15.0 Å². The van der Waals surface area contributed by atoms with Crippen LogP contribution in [-0.4, -0.2) is 15.0 Å². The summed E-state index contributed by atoms with van der Waals surface area (Å²) >= 11 is 0. The van der Waals surface area contributed by atoms with E-state index in [2.05, 4.69) is 10.2 Å². The molecule has 4 heteroatoms. The summed E-state index contributed by atoms with van der Waals surface area (Å²) in [4.78, 5) is 1.62. The summed E-state index contributed by atoms with van der Waals surface area (Å²) in [6.45, 7) is 0.665. The predicted octanol–water partition coefficient (Wildman–Crippen LogP) is 0.909. The summed E-state index contributed by atoms with van der Waals surface area (Å²) in [6, 6.07) is 7.71. The summed E-state index contributed by atoms with van der Waals surface area (Å²) < 4.78 is 0. The lowest BCUT2D eigenvalue weighted by Gasteiger charge is -2.00. The molecule has 1 aromatic carbocycles. The quantitative estimate of drug-likeness (QED) is 0.688. The monoisotopic (exact) mass is 174 g/mol. The molecule has 66 valence electrons. The van der Waals surface area contributed by atoms with E-state index in [1.807, 2.05) is 24.3 Å². The van der Waals surface area contributed by atoms with Crippen LogP contribution >= 0.6 is 0 Å². The molecule has 0 aliphatic rings. The molecule has 0 unspecified atom stereocenters. The van der Waals surface area contributed by atoms with Gasteiger partial charge in [0, 0.05) is 5.69 Å². The van der Waals surface area contributed by atoms with Crippen molar-refractivity contribution in [2.75, 3.05) is 5.73 Å². The summed E-state index contributed by atoms with van der Waals surface area (Å²) in [5, 5.41) is 8.01. The van der Waals surface area contributed by atoms with E-state index in [0.29, 0.717) is 6.54 Å². The molecule has 1 aromatic heterocycles. The number of aromatic nitrogens is 3. The highest BCUT2D eigenvalue weighted by atomic mass is 15.5. The fourth-order valence-corrected chi connectivity index (χ4v) is 1.18. The molecule has 4 nitrogen and oxygen atoms in total. The van der Waals surface area contributed by atoms with Crippen molar-refractivity contribution in [3.63, 3.8) is 0 Å². The second-order valence-corrected chi connectivity index (χ2v) is 2.80. The Balaban J connectivity index is 2.19. The summed E-state index contributed by atoms with van der Waals surface area (Å²) in [7, 11) is 0. The first-order chi connectivity index (χ1) is 6.34. The van der Waals surface area contributed by atoms with Crippen molar-refractivity contribution in [2.45, 2.75) is 6.54 Å². The van der Waals surface area contributed by atoms with Crippen LogP contribution in [0.15, 0.2) is 36.7 Å². The molecule has 2 aromatic rings. The minimum Gasteiger partial charge on any atom is -0.399 e. The van der Waals surface area contributed by atoms with Crippen LogP contribution in [0.4, 0.5) is 5.69 Å². The number of nitrogen functional groups attached to an aromatic ring is 1. The minimum atomic E-state index is 0.665. The summed E-state index contributed by atoms with van der Waals surface area (Å²) in [5.41, 5.74) is 7.51. The van der Waals surface area contributed by atoms with Gasteiger partial charge in [0.25, 0.3) is 0 Å². The van der Waals surface area contributed by atoms with E-state index in [1.165, 1.54) is 0 Å². The third-order valence-corrected chi connectivity index (χ3v) is 1.74. The van der Waals surface area contributed by atoms with Gasteiger partial charge in [0.1, 0.15) is 0 Å². The lowest BCUT2D eigenvalue weighted by Crippen LogP contribution is -2.03. The fourth-order valence-electron chi connectivity index (χ4n) is 1.18. The lowest BCUT2D eigenvalue weighted by atomic mass is 10.2. The molecular weight excluding hydrogens is 164 g/mol. The van der Waals surface area contributed by atoms with E-state index in [1.54, 1.807) is 17.2 Å². The average Bonchev–Trinajstić information content (AvgIpc) is 2.57. The van der Waals surface area contributed by atoms with Gasteiger partial charge in [0.2, 0.25) is 0 Å². The number of nitrogens with two attached hydrogens (primary N) is 1. The second kappa shape index (κ2) is 3.26. The van der Waals surface area contributed by atoms with Gasteiger partial charge in [-0.2, -0.15) is 15.0 Å². The van der Waals surface area contributed by atoms with Crippen LogP contribution in [0, 0.1) is 0 Å². The molecule has 0 aliphatic carbocycles. The van der Waals surface area contributed by atoms with Gasteiger partial charge in [-0.25, -0.2) is 0 Å². The zero-order chi connectivity index (χ0) is 9.10. The molecule has 0 spiro atoms. The number of benzene rings is 1. The maximum atomic E-state index is 5.64. The van der Waals surface area contributed by atoms with Gasteiger partial charge >= 0.3 is 0 Å². The van der Waals surface area contributed by atoms with Crippen LogP contribution in [0.2, 0.25) is 0 Å². The topological polar surface area (TPSA) is 56.7 Å². The zero-order valence-electron chi connectivity index (χ0n) is 7.09. The Morgan fingerprint density at radius 1 is 1.23 bits per heavy atom. The third kappa shape index (κ3) is 1.84. The highest BCUT2D eigenvalue weighted by molar-refractivity contribution is 5.40. The highest BCUT2D eigenvalue weighted by Gasteiger charge is 1.95. The second-order valence-electron chi connectivity index (χ2n) is 2.80. The maximum Gasteiger partial charge on any atom is 0.0858 e. The van der Waals surface area contributed by atoms with Gasteiger partial charge < -0.3 is 5.73 Å². The van der Waals surface area contributed by atoms with Crippen LogP contribution < -0.4 is 5.73 Å². The third-order valence-electron chi connectivity index (χ3n) is 1.74. The lowest BCUT2D eigenvalue weighted by molar-refractivity contribution is 0.591. The van der Waals surface area contributed by atoms with Crippen molar-refractivity contribution in [1.29, 1.82) is 0 Å². The molecule has 0 aliphatic heterocycles. The Morgan fingerprint density at radius 2 is 2.00 bits per heavy atom. The predicted molar refractivity (Wildman–Crippen MR) is 50.0 cm³/mol. The van der Waals surface area contributed by atoms with E-state index in [0.717, 1.165) is 11.3 Å². The molecule has 0 saturated heterocycles. The zero-order valence-corrected chi connectivity index (χ0v) is 7.09. The molecule has 0 bridgehead atoms. The van der Waals surface area contributed by atoms with Crippen LogP contribution in [-0.2, 0) is 6.54 Å². The Labute approximate surface area is 76.0 Å². The molecule has 2 N–H and O–H groups in total. The first-order valence-corrected chi connectivity index (χ1v) is 4.03. The van der Waals surface area contributed by atoms with Gasteiger partial charge in [-0.1, -0.05) is 12.1 Å². The number of nitrogens with zero attached hydrogens (tertiary/aromatic N) is 3. The molecule has 1 heterocycles. The van der Waals surface area contributed by atoms with E-state index >= 15 is 0 Å². The van der Waals surface area contributed by atoms with Crippen molar-refractivity contribution < 1.29 is 0 Å². The van der Waals surface area contributed by atoms with E-state index in [9.17, 15) is 0 Å². The Morgan fingerprint density at radius 3 is 2.69 bits per heavy atom. The van der Waals surface area contributed by atoms with Crippen LogP contribution in [0.25, 0.3) is 0 Å². The number of anilines is 1. The first-order valence-electron chi connectivity index (χ1n) is 4.03. The number of rotatable bonds is 2. The average molecular weight is 174 g/mol. The normalized spacial score (nSPS) is 10.2. The van der Waals surface area contributed by atoms with E-state index in [-0.39, 0.29) is 0 Å². The van der Waals surface area contributed by atoms with Crippen molar-refractivity contribution in [3.8, 4) is 0 Å². The summed E-state index contributed by atoms with van der Waals surface area (Å²) in [6.07, 6.45) is 3.32. The molecule has 0 atom stereocenters. The van der Waals surface area contributed by atoms with Crippen LogP contribution in [0.3, 0.4) is 0 Å².